The van der Waals surface area contributed by atoms with Gasteiger partial charge in [0.15, 0.2) is 0 Å². The van der Waals surface area contributed by atoms with Crippen LogP contribution >= 0.6 is 11.3 Å². The fraction of sp³-hybridized carbons (Fsp3) is 0.0909. The van der Waals surface area contributed by atoms with Gasteiger partial charge < -0.3 is 5.32 Å². The minimum absolute atomic E-state index is 0.0395. The zero-order chi connectivity index (χ0) is 21.6. The summed E-state index contributed by atoms with van der Waals surface area (Å²) in [7, 11) is -3.99. The van der Waals surface area contributed by atoms with E-state index >= 15 is 0 Å². The van der Waals surface area contributed by atoms with Gasteiger partial charge in [-0.05, 0) is 35.9 Å². The highest BCUT2D eigenvalue weighted by molar-refractivity contribution is 7.93. The topological polar surface area (TPSA) is 88.5 Å². The Bertz CT molecular complexity index is 1470. The first-order valence-corrected chi connectivity index (χ1v) is 11.8. The van der Waals surface area contributed by atoms with Crippen LogP contribution in [0.5, 0.6) is 0 Å². The fourth-order valence-corrected chi connectivity index (χ4v) is 6.14. The molecule has 0 spiro atoms. The minimum Gasteiger partial charge on any atom is -0.323 e. The molecule has 0 unspecified atom stereocenters. The summed E-state index contributed by atoms with van der Waals surface area (Å²) < 4.78 is 30.1. The second-order valence-electron chi connectivity index (χ2n) is 7.15. The van der Waals surface area contributed by atoms with Crippen LogP contribution in [0.3, 0.4) is 0 Å². The molecule has 156 valence electrons. The van der Waals surface area contributed by atoms with Gasteiger partial charge in [-0.3, -0.25) is 18.5 Å². The zero-order valence-corrected chi connectivity index (χ0v) is 17.8. The summed E-state index contributed by atoms with van der Waals surface area (Å²) in [4.78, 5) is 24.6. The Balaban J connectivity index is 1.57. The predicted octanol–water partition coefficient (Wildman–Crippen LogP) is 3.26. The van der Waals surface area contributed by atoms with Gasteiger partial charge in [0.05, 0.1) is 33.0 Å². The number of aromatic nitrogens is 1. The number of fused-ring (bicyclic) bond motifs is 2. The van der Waals surface area contributed by atoms with Crippen LogP contribution in [0.25, 0.3) is 10.2 Å². The Hall–Kier alpha value is -3.43. The van der Waals surface area contributed by atoms with E-state index in [0.29, 0.717) is 28.1 Å². The molecule has 0 saturated carbocycles. The number of carbonyl (C=O) groups excluding carboxylic acids is 1. The standard InChI is InChI=1S/C22H17N3O4S2/c26-21-14-25(18-9-5-4-8-17(18)23-21)31(28,29)16-10-11-19-20(12-16)30-22(27)24(19)13-15-6-2-1-3-7-15/h1-12H,13-14H2,(H,23,26). The van der Waals surface area contributed by atoms with Crippen molar-refractivity contribution in [3.63, 3.8) is 0 Å². The Morgan fingerprint density at radius 1 is 0.935 bits per heavy atom. The lowest BCUT2D eigenvalue weighted by Crippen LogP contribution is -2.42. The molecule has 7 nitrogen and oxygen atoms in total. The molecule has 9 heteroatoms. The summed E-state index contributed by atoms with van der Waals surface area (Å²) in [5.74, 6) is -0.401. The lowest BCUT2D eigenvalue weighted by molar-refractivity contribution is -0.115. The highest BCUT2D eigenvalue weighted by Gasteiger charge is 2.32. The van der Waals surface area contributed by atoms with E-state index in [9.17, 15) is 18.0 Å². The van der Waals surface area contributed by atoms with Gasteiger partial charge >= 0.3 is 4.87 Å². The number of nitrogens with zero attached hydrogens (tertiary/aromatic N) is 2. The molecule has 0 radical (unpaired) electrons. The lowest BCUT2D eigenvalue weighted by Gasteiger charge is -2.30. The van der Waals surface area contributed by atoms with Crippen LogP contribution in [-0.2, 0) is 21.4 Å². The van der Waals surface area contributed by atoms with E-state index in [1.54, 1.807) is 34.9 Å². The average molecular weight is 452 g/mol. The van der Waals surface area contributed by atoms with Crippen molar-refractivity contribution in [2.45, 2.75) is 11.4 Å². The van der Waals surface area contributed by atoms with Crippen LogP contribution in [0, 0.1) is 0 Å². The van der Waals surface area contributed by atoms with Crippen molar-refractivity contribution in [2.75, 3.05) is 16.2 Å². The molecule has 5 rings (SSSR count). The van der Waals surface area contributed by atoms with Crippen molar-refractivity contribution in [2.24, 2.45) is 0 Å². The average Bonchev–Trinajstić information content (AvgIpc) is 3.08. The molecule has 1 N–H and O–H groups in total. The number of thiazole rings is 1. The first-order valence-electron chi connectivity index (χ1n) is 9.52. The van der Waals surface area contributed by atoms with Crippen LogP contribution in [0.2, 0.25) is 0 Å². The van der Waals surface area contributed by atoms with Gasteiger partial charge in [-0.2, -0.15) is 0 Å². The second kappa shape index (κ2) is 7.36. The third-order valence-corrected chi connectivity index (χ3v) is 7.84. The monoisotopic (exact) mass is 451 g/mol. The van der Waals surface area contributed by atoms with Crippen LogP contribution in [-0.4, -0.2) is 25.4 Å². The molecule has 1 aliphatic heterocycles. The van der Waals surface area contributed by atoms with Crippen LogP contribution in [0.4, 0.5) is 11.4 Å². The van der Waals surface area contributed by atoms with Gasteiger partial charge in [-0.25, -0.2) is 8.42 Å². The number of anilines is 2. The van der Waals surface area contributed by atoms with E-state index in [1.807, 2.05) is 30.3 Å². The van der Waals surface area contributed by atoms with Crippen molar-refractivity contribution in [3.05, 3.63) is 88.0 Å². The number of hydrogen-bond donors (Lipinski definition) is 1. The van der Waals surface area contributed by atoms with E-state index in [2.05, 4.69) is 5.32 Å². The summed E-state index contributed by atoms with van der Waals surface area (Å²) in [6.07, 6.45) is 0. The molecule has 1 aromatic heterocycles. The summed E-state index contributed by atoms with van der Waals surface area (Å²) in [5, 5.41) is 2.69. The normalized spacial score (nSPS) is 13.8. The van der Waals surface area contributed by atoms with Crippen molar-refractivity contribution >= 4 is 48.9 Å². The number of carbonyl (C=O) groups is 1. The number of benzene rings is 3. The Kier molecular flexibility index (Phi) is 4.64. The molecular weight excluding hydrogens is 434 g/mol. The summed E-state index contributed by atoms with van der Waals surface area (Å²) in [6.45, 7) is 0.105. The summed E-state index contributed by atoms with van der Waals surface area (Å²) >= 11 is 1.01. The minimum atomic E-state index is -3.99. The molecule has 1 aliphatic rings. The maximum atomic E-state index is 13.4. The van der Waals surface area contributed by atoms with Crippen molar-refractivity contribution < 1.29 is 13.2 Å². The van der Waals surface area contributed by atoms with Crippen molar-refractivity contribution in [3.8, 4) is 0 Å². The first-order chi connectivity index (χ1) is 14.9. The van der Waals surface area contributed by atoms with Gasteiger partial charge in [0.1, 0.15) is 6.54 Å². The number of para-hydroxylation sites is 2. The number of amides is 1. The quantitative estimate of drug-likeness (QED) is 0.516. The molecule has 4 aromatic rings. The Labute approximate surface area is 182 Å². The predicted molar refractivity (Wildman–Crippen MR) is 121 cm³/mol. The zero-order valence-electron chi connectivity index (χ0n) is 16.2. The van der Waals surface area contributed by atoms with Gasteiger partial charge in [0, 0.05) is 0 Å². The third kappa shape index (κ3) is 3.41. The molecule has 31 heavy (non-hydrogen) atoms. The molecule has 0 bridgehead atoms. The second-order valence-corrected chi connectivity index (χ2v) is 10.0. The molecule has 2 heterocycles. The van der Waals surface area contributed by atoms with Crippen molar-refractivity contribution in [1.82, 2.24) is 4.57 Å². The van der Waals surface area contributed by atoms with Gasteiger partial charge in [0.2, 0.25) is 5.91 Å². The number of nitrogens with one attached hydrogen (secondary N) is 1. The Morgan fingerprint density at radius 3 is 2.48 bits per heavy atom. The van der Waals surface area contributed by atoms with E-state index in [4.69, 9.17) is 0 Å². The van der Waals surface area contributed by atoms with Gasteiger partial charge in [-0.1, -0.05) is 53.8 Å². The smallest absolute Gasteiger partial charge is 0.308 e. The van der Waals surface area contributed by atoms with E-state index in [-0.39, 0.29) is 16.3 Å². The number of rotatable bonds is 4. The SMILES string of the molecule is O=C1CN(S(=O)(=O)c2ccc3c(c2)sc(=O)n3Cc2ccccc2)c2ccccc2N1. The number of hydrogen-bond acceptors (Lipinski definition) is 5. The largest absolute Gasteiger partial charge is 0.323 e. The Morgan fingerprint density at radius 2 is 1.68 bits per heavy atom. The molecule has 1 amide bonds. The lowest BCUT2D eigenvalue weighted by atomic mass is 10.2. The summed E-state index contributed by atoms with van der Waals surface area (Å²) in [5.41, 5.74) is 2.52. The van der Waals surface area contributed by atoms with E-state index < -0.39 is 15.9 Å². The highest BCUT2D eigenvalue weighted by Crippen LogP contribution is 2.34. The molecular formula is C22H17N3O4S2. The van der Waals surface area contributed by atoms with Gasteiger partial charge in [-0.15, -0.1) is 0 Å². The van der Waals surface area contributed by atoms with E-state index in [1.165, 1.54) is 12.1 Å². The molecule has 3 aromatic carbocycles. The van der Waals surface area contributed by atoms with Crippen LogP contribution in [0.1, 0.15) is 5.56 Å². The fourth-order valence-electron chi connectivity index (χ4n) is 3.67. The van der Waals surface area contributed by atoms with E-state index in [0.717, 1.165) is 21.2 Å². The molecule has 0 saturated heterocycles. The van der Waals surface area contributed by atoms with Crippen LogP contribution in [0.15, 0.2) is 82.5 Å². The van der Waals surface area contributed by atoms with Crippen molar-refractivity contribution in [1.29, 1.82) is 0 Å². The third-order valence-electron chi connectivity index (χ3n) is 5.15. The maximum absolute atomic E-state index is 13.4. The molecule has 0 fully saturated rings. The van der Waals surface area contributed by atoms with Gasteiger partial charge in [0.25, 0.3) is 10.0 Å². The maximum Gasteiger partial charge on any atom is 0.308 e. The number of sulfonamides is 1. The first kappa shape index (κ1) is 19.5. The highest BCUT2D eigenvalue weighted by atomic mass is 32.2. The summed E-state index contributed by atoms with van der Waals surface area (Å²) in [6, 6.07) is 21.0. The molecule has 0 aliphatic carbocycles. The molecule has 0 atom stereocenters. The van der Waals surface area contributed by atoms with Crippen LogP contribution < -0.4 is 14.5 Å².